The molecular formula is C17H19NO2. The second-order valence-corrected chi connectivity index (χ2v) is 5.38. The van der Waals surface area contributed by atoms with Gasteiger partial charge in [0.15, 0.2) is 0 Å². The Balaban J connectivity index is 1.77. The molecule has 1 amide bonds. The summed E-state index contributed by atoms with van der Waals surface area (Å²) < 4.78 is 5.82. The van der Waals surface area contributed by atoms with E-state index in [1.807, 2.05) is 42.5 Å². The maximum atomic E-state index is 12.4. The van der Waals surface area contributed by atoms with Gasteiger partial charge in [-0.15, -0.1) is 0 Å². The molecule has 1 aliphatic rings. The number of carbonyl (C=O) groups is 1. The largest absolute Gasteiger partial charge is 0.440 e. The lowest BCUT2D eigenvalue weighted by Gasteiger charge is -2.18. The van der Waals surface area contributed by atoms with Crippen molar-refractivity contribution in [2.75, 3.05) is 11.9 Å². The van der Waals surface area contributed by atoms with Crippen LogP contribution in [0.3, 0.4) is 0 Å². The van der Waals surface area contributed by atoms with E-state index in [0.29, 0.717) is 5.88 Å². The molecule has 2 aromatic rings. The molecule has 1 aliphatic carbocycles. The van der Waals surface area contributed by atoms with Gasteiger partial charge in [0.05, 0.1) is 0 Å². The smallest absolute Gasteiger partial charge is 0.232 e. The summed E-state index contributed by atoms with van der Waals surface area (Å²) >= 11 is 0. The highest BCUT2D eigenvalue weighted by Crippen LogP contribution is 2.30. The van der Waals surface area contributed by atoms with Crippen molar-refractivity contribution in [3.63, 3.8) is 0 Å². The molecule has 0 radical (unpaired) electrons. The zero-order valence-electron chi connectivity index (χ0n) is 11.7. The van der Waals surface area contributed by atoms with Crippen LogP contribution in [-0.4, -0.2) is 13.0 Å². The molecule has 1 fully saturated rings. The minimum absolute atomic E-state index is 0.172. The van der Waals surface area contributed by atoms with E-state index in [1.165, 1.54) is 0 Å². The second kappa shape index (κ2) is 5.53. The van der Waals surface area contributed by atoms with Gasteiger partial charge in [0.1, 0.15) is 5.76 Å². The fourth-order valence-corrected chi connectivity index (χ4v) is 2.82. The van der Waals surface area contributed by atoms with Crippen LogP contribution in [0.2, 0.25) is 0 Å². The average Bonchev–Trinajstić information content (AvgIpc) is 3.18. The summed E-state index contributed by atoms with van der Waals surface area (Å²) in [6.45, 7) is 0. The number of furan rings is 1. The number of hydrogen-bond acceptors (Lipinski definition) is 2. The van der Waals surface area contributed by atoms with Gasteiger partial charge in [-0.2, -0.15) is 0 Å². The summed E-state index contributed by atoms with van der Waals surface area (Å²) in [7, 11) is 1.80. The Kier molecular flexibility index (Phi) is 3.59. The fraction of sp³-hybridized carbons (Fsp3) is 0.353. The van der Waals surface area contributed by atoms with Gasteiger partial charge in [-0.05, 0) is 18.9 Å². The van der Waals surface area contributed by atoms with Crippen molar-refractivity contribution < 1.29 is 9.21 Å². The predicted molar refractivity (Wildman–Crippen MR) is 79.5 cm³/mol. The number of anilines is 1. The highest BCUT2D eigenvalue weighted by Gasteiger charge is 2.27. The number of carbonyl (C=O) groups excluding carboxylic acids is 1. The number of amides is 1. The normalized spacial score (nSPS) is 15.4. The quantitative estimate of drug-likeness (QED) is 0.840. The molecule has 20 heavy (non-hydrogen) atoms. The Labute approximate surface area is 119 Å². The maximum absolute atomic E-state index is 12.4. The van der Waals surface area contributed by atoms with E-state index in [1.54, 1.807) is 11.9 Å². The van der Waals surface area contributed by atoms with E-state index in [4.69, 9.17) is 4.42 Å². The Hall–Kier alpha value is -2.03. The van der Waals surface area contributed by atoms with Gasteiger partial charge in [-0.3, -0.25) is 9.69 Å². The predicted octanol–water partition coefficient (Wildman–Crippen LogP) is 4.10. The first-order valence-corrected chi connectivity index (χ1v) is 7.18. The van der Waals surface area contributed by atoms with Gasteiger partial charge in [-0.1, -0.05) is 43.2 Å². The molecule has 104 valence electrons. The molecule has 1 saturated carbocycles. The van der Waals surface area contributed by atoms with Crippen molar-refractivity contribution in [2.45, 2.75) is 25.7 Å². The molecule has 0 saturated heterocycles. The van der Waals surface area contributed by atoms with Crippen LogP contribution in [0.5, 0.6) is 0 Å². The van der Waals surface area contributed by atoms with Crippen LogP contribution < -0.4 is 4.90 Å². The topological polar surface area (TPSA) is 33.5 Å². The second-order valence-electron chi connectivity index (χ2n) is 5.38. The third-order valence-electron chi connectivity index (χ3n) is 4.02. The Bertz CT molecular complexity index is 582. The van der Waals surface area contributed by atoms with E-state index < -0.39 is 0 Å². The molecule has 3 nitrogen and oxygen atoms in total. The van der Waals surface area contributed by atoms with Crippen LogP contribution in [0.25, 0.3) is 11.3 Å². The van der Waals surface area contributed by atoms with Crippen molar-refractivity contribution >= 4 is 11.8 Å². The molecule has 0 N–H and O–H groups in total. The molecule has 1 aromatic heterocycles. The summed E-state index contributed by atoms with van der Waals surface area (Å²) in [4.78, 5) is 14.0. The minimum Gasteiger partial charge on any atom is -0.440 e. The van der Waals surface area contributed by atoms with Crippen LogP contribution in [0.15, 0.2) is 46.9 Å². The van der Waals surface area contributed by atoms with E-state index in [9.17, 15) is 4.79 Å². The van der Waals surface area contributed by atoms with Crippen molar-refractivity contribution in [1.82, 2.24) is 0 Å². The third kappa shape index (κ3) is 2.48. The number of benzene rings is 1. The first-order valence-electron chi connectivity index (χ1n) is 7.18. The van der Waals surface area contributed by atoms with Gasteiger partial charge in [0.25, 0.3) is 0 Å². The van der Waals surface area contributed by atoms with Crippen LogP contribution in [0.4, 0.5) is 5.88 Å². The third-order valence-corrected chi connectivity index (χ3v) is 4.02. The number of hydrogen-bond donors (Lipinski definition) is 0. The van der Waals surface area contributed by atoms with Gasteiger partial charge in [0, 0.05) is 24.6 Å². The summed E-state index contributed by atoms with van der Waals surface area (Å²) in [5, 5.41) is 0. The summed E-state index contributed by atoms with van der Waals surface area (Å²) in [6, 6.07) is 13.7. The van der Waals surface area contributed by atoms with E-state index >= 15 is 0 Å². The lowest BCUT2D eigenvalue weighted by molar-refractivity contribution is -0.122. The first-order chi connectivity index (χ1) is 9.75. The summed E-state index contributed by atoms with van der Waals surface area (Å²) in [5.74, 6) is 1.77. The van der Waals surface area contributed by atoms with Gasteiger partial charge < -0.3 is 4.42 Å². The number of rotatable bonds is 3. The van der Waals surface area contributed by atoms with Crippen LogP contribution in [0, 0.1) is 5.92 Å². The fourth-order valence-electron chi connectivity index (χ4n) is 2.82. The average molecular weight is 269 g/mol. The Morgan fingerprint density at radius 3 is 2.50 bits per heavy atom. The Morgan fingerprint density at radius 1 is 1.10 bits per heavy atom. The first kappa shape index (κ1) is 13.0. The van der Waals surface area contributed by atoms with Crippen LogP contribution >= 0.6 is 0 Å². The standard InChI is InChI=1S/C17H19NO2/c1-18(17(19)14-9-5-6-10-14)16-12-11-15(20-16)13-7-3-2-4-8-13/h2-4,7-8,11-12,14H,5-6,9-10H2,1H3. The molecule has 0 atom stereocenters. The van der Waals surface area contributed by atoms with E-state index in [2.05, 4.69) is 0 Å². The molecular weight excluding hydrogens is 250 g/mol. The highest BCUT2D eigenvalue weighted by atomic mass is 16.4. The minimum atomic E-state index is 0.172. The lowest BCUT2D eigenvalue weighted by Crippen LogP contribution is -2.31. The monoisotopic (exact) mass is 269 g/mol. The van der Waals surface area contributed by atoms with Gasteiger partial charge in [-0.25, -0.2) is 0 Å². The molecule has 3 heteroatoms. The van der Waals surface area contributed by atoms with Crippen LogP contribution in [0.1, 0.15) is 25.7 Å². The van der Waals surface area contributed by atoms with Crippen LogP contribution in [-0.2, 0) is 4.79 Å². The van der Waals surface area contributed by atoms with Crippen molar-refractivity contribution in [3.05, 3.63) is 42.5 Å². The number of nitrogens with zero attached hydrogens (tertiary/aromatic N) is 1. The highest BCUT2D eigenvalue weighted by molar-refractivity contribution is 5.93. The zero-order valence-corrected chi connectivity index (χ0v) is 11.7. The maximum Gasteiger partial charge on any atom is 0.232 e. The van der Waals surface area contributed by atoms with Gasteiger partial charge >= 0.3 is 0 Å². The molecule has 1 heterocycles. The molecule has 0 aliphatic heterocycles. The van der Waals surface area contributed by atoms with Crippen molar-refractivity contribution in [1.29, 1.82) is 0 Å². The SMILES string of the molecule is CN(C(=O)C1CCCC1)c1ccc(-c2ccccc2)o1. The summed E-state index contributed by atoms with van der Waals surface area (Å²) in [6.07, 6.45) is 4.35. The Morgan fingerprint density at radius 2 is 1.80 bits per heavy atom. The molecule has 0 bridgehead atoms. The lowest BCUT2D eigenvalue weighted by atomic mass is 10.1. The van der Waals surface area contributed by atoms with E-state index in [-0.39, 0.29) is 11.8 Å². The van der Waals surface area contributed by atoms with E-state index in [0.717, 1.165) is 37.0 Å². The van der Waals surface area contributed by atoms with Gasteiger partial charge in [0.2, 0.25) is 11.8 Å². The van der Waals surface area contributed by atoms with Crippen molar-refractivity contribution in [2.24, 2.45) is 5.92 Å². The molecule has 3 rings (SSSR count). The van der Waals surface area contributed by atoms with Crippen molar-refractivity contribution in [3.8, 4) is 11.3 Å². The summed E-state index contributed by atoms with van der Waals surface area (Å²) in [5.41, 5.74) is 1.03. The molecule has 0 spiro atoms. The zero-order chi connectivity index (χ0) is 13.9. The molecule has 1 aromatic carbocycles. The molecule has 0 unspecified atom stereocenters.